The van der Waals surface area contributed by atoms with Crippen molar-refractivity contribution in [3.63, 3.8) is 0 Å². The quantitative estimate of drug-likeness (QED) is 0.249. The van der Waals surface area contributed by atoms with E-state index in [1.807, 2.05) is 0 Å². The summed E-state index contributed by atoms with van der Waals surface area (Å²) >= 11 is 0. The van der Waals surface area contributed by atoms with Crippen LogP contribution in [-0.2, 0) is 5.16 Å². The minimum Gasteiger partial charge on any atom is -0.293 e. The van der Waals surface area contributed by atoms with Crippen molar-refractivity contribution in [3.05, 3.63) is 132 Å². The predicted molar refractivity (Wildman–Crippen MR) is 161 cm³/mol. The van der Waals surface area contributed by atoms with Gasteiger partial charge in [0.2, 0.25) is 0 Å². The fraction of sp³-hybridized carbons (Fsp3) is 0.273. The molecule has 1 heterocycles. The molecule has 0 N–H and O–H groups in total. The standard InChI is InChI=1S/C33H37NP2/c1-32(2,3)34-25-30(36(28-20-12-6-13-21-28)29-22-14-7-15-23-29)24-31(34)33(35,26-16-8-4-9-17-26)27-18-10-5-11-19-27/h4-23,30-31H,24-25,35H2,1-3H3/t30-,31-/m0/s1. The first-order chi connectivity index (χ1) is 17.4. The van der Waals surface area contributed by atoms with Crippen LogP contribution in [0.2, 0.25) is 0 Å². The highest BCUT2D eigenvalue weighted by molar-refractivity contribution is 7.73. The van der Waals surface area contributed by atoms with Crippen molar-refractivity contribution in [2.45, 2.75) is 49.6 Å². The van der Waals surface area contributed by atoms with Gasteiger partial charge in [0.25, 0.3) is 0 Å². The summed E-state index contributed by atoms with van der Waals surface area (Å²) in [5.41, 5.74) is 3.36. The first-order valence-electron chi connectivity index (χ1n) is 12.9. The number of nitrogens with zero attached hydrogens (tertiary/aromatic N) is 1. The Morgan fingerprint density at radius 1 is 0.639 bits per heavy atom. The van der Waals surface area contributed by atoms with Crippen molar-refractivity contribution < 1.29 is 0 Å². The molecule has 0 spiro atoms. The average molecular weight is 510 g/mol. The Morgan fingerprint density at radius 2 is 1.03 bits per heavy atom. The fourth-order valence-corrected chi connectivity index (χ4v) is 9.48. The van der Waals surface area contributed by atoms with Gasteiger partial charge in [0, 0.05) is 28.9 Å². The van der Waals surface area contributed by atoms with Gasteiger partial charge in [-0.25, -0.2) is 0 Å². The van der Waals surface area contributed by atoms with Gasteiger partial charge < -0.3 is 0 Å². The summed E-state index contributed by atoms with van der Waals surface area (Å²) in [6, 6.07) is 45.1. The molecule has 0 bridgehead atoms. The maximum atomic E-state index is 3.34. The molecule has 1 fully saturated rings. The number of benzene rings is 4. The van der Waals surface area contributed by atoms with E-state index >= 15 is 0 Å². The van der Waals surface area contributed by atoms with Crippen LogP contribution < -0.4 is 10.6 Å². The van der Waals surface area contributed by atoms with E-state index in [4.69, 9.17) is 0 Å². The molecule has 0 amide bonds. The first kappa shape index (κ1) is 25.4. The molecular formula is C33H37NP2. The monoisotopic (exact) mass is 509 g/mol. The van der Waals surface area contributed by atoms with Crippen molar-refractivity contribution in [1.29, 1.82) is 0 Å². The summed E-state index contributed by atoms with van der Waals surface area (Å²) in [5, 5.41) is 2.76. The van der Waals surface area contributed by atoms with Crippen LogP contribution in [0, 0.1) is 0 Å². The smallest absolute Gasteiger partial charge is 0.0498 e. The summed E-state index contributed by atoms with van der Waals surface area (Å²) < 4.78 is 0. The fourth-order valence-electron chi connectivity index (χ4n) is 5.90. The van der Waals surface area contributed by atoms with Gasteiger partial charge in [-0.15, -0.1) is 9.24 Å². The van der Waals surface area contributed by atoms with Crippen LogP contribution in [0.25, 0.3) is 0 Å². The molecule has 1 saturated heterocycles. The topological polar surface area (TPSA) is 3.24 Å². The SMILES string of the molecule is CC(C)(C)N1C[C@@H](P(c2ccccc2)c2ccccc2)C[C@H]1C(P)(c1ccccc1)c1ccccc1. The van der Waals surface area contributed by atoms with E-state index in [9.17, 15) is 0 Å². The third-order valence-corrected chi connectivity index (χ3v) is 11.5. The van der Waals surface area contributed by atoms with Crippen molar-refractivity contribution in [2.75, 3.05) is 6.54 Å². The van der Waals surface area contributed by atoms with Crippen LogP contribution in [0.1, 0.15) is 38.3 Å². The Hall–Kier alpha value is -2.30. The summed E-state index contributed by atoms with van der Waals surface area (Å²) in [6.45, 7) is 8.25. The van der Waals surface area contributed by atoms with Crippen molar-refractivity contribution in [1.82, 2.24) is 4.90 Å². The lowest BCUT2D eigenvalue weighted by Gasteiger charge is -2.46. The highest BCUT2D eigenvalue weighted by Crippen LogP contribution is 2.54. The van der Waals surface area contributed by atoms with E-state index in [0.29, 0.717) is 11.7 Å². The summed E-state index contributed by atoms with van der Waals surface area (Å²) in [7, 11) is 2.85. The third kappa shape index (κ3) is 4.95. The van der Waals surface area contributed by atoms with Gasteiger partial charge >= 0.3 is 0 Å². The highest BCUT2D eigenvalue weighted by Gasteiger charge is 2.51. The van der Waals surface area contributed by atoms with E-state index in [0.717, 1.165) is 13.0 Å². The molecule has 4 aromatic rings. The van der Waals surface area contributed by atoms with E-state index in [2.05, 4.69) is 156 Å². The van der Waals surface area contributed by atoms with Crippen LogP contribution in [0.5, 0.6) is 0 Å². The molecule has 1 aliphatic heterocycles. The number of rotatable bonds is 6. The molecule has 1 nitrogen and oxygen atoms in total. The van der Waals surface area contributed by atoms with Crippen LogP contribution in [-0.4, -0.2) is 28.7 Å². The van der Waals surface area contributed by atoms with E-state index in [1.165, 1.54) is 21.7 Å². The van der Waals surface area contributed by atoms with Gasteiger partial charge in [-0.3, -0.25) is 4.90 Å². The second-order valence-corrected chi connectivity index (χ2v) is 14.3. The number of likely N-dealkylation sites (tertiary alicyclic amines) is 1. The molecule has 0 aromatic heterocycles. The zero-order valence-corrected chi connectivity index (χ0v) is 23.6. The molecule has 0 aliphatic carbocycles. The molecule has 184 valence electrons. The van der Waals surface area contributed by atoms with Crippen molar-refractivity contribution in [2.24, 2.45) is 0 Å². The molecule has 1 aliphatic rings. The third-order valence-electron chi connectivity index (χ3n) is 7.60. The minimum atomic E-state index is -0.488. The number of hydrogen-bond donors (Lipinski definition) is 0. The van der Waals surface area contributed by atoms with Crippen LogP contribution in [0.3, 0.4) is 0 Å². The van der Waals surface area contributed by atoms with Crippen molar-refractivity contribution in [3.8, 4) is 0 Å². The van der Waals surface area contributed by atoms with Crippen LogP contribution >= 0.6 is 17.2 Å². The lowest BCUT2D eigenvalue weighted by Crippen LogP contribution is -2.52. The summed E-state index contributed by atoms with van der Waals surface area (Å²) in [5.74, 6) is 0. The summed E-state index contributed by atoms with van der Waals surface area (Å²) in [4.78, 5) is 2.80. The molecular weight excluding hydrogens is 472 g/mol. The molecule has 3 atom stereocenters. The largest absolute Gasteiger partial charge is 0.293 e. The maximum absolute atomic E-state index is 3.34. The Balaban J connectivity index is 1.64. The zero-order valence-electron chi connectivity index (χ0n) is 21.6. The Morgan fingerprint density at radius 3 is 1.42 bits per heavy atom. The average Bonchev–Trinajstić information content (AvgIpc) is 3.37. The first-order valence-corrected chi connectivity index (χ1v) is 14.9. The predicted octanol–water partition coefficient (Wildman–Crippen LogP) is 7.18. The second kappa shape index (κ2) is 10.6. The lowest BCUT2D eigenvalue weighted by atomic mass is 9.81. The molecule has 36 heavy (non-hydrogen) atoms. The molecule has 4 aromatic carbocycles. The molecule has 5 rings (SSSR count). The van der Waals surface area contributed by atoms with Gasteiger partial charge in [-0.2, -0.15) is 0 Å². The zero-order chi connectivity index (χ0) is 25.2. The molecule has 0 radical (unpaired) electrons. The summed E-state index contributed by atoms with van der Waals surface area (Å²) in [6.07, 6.45) is 1.15. The van der Waals surface area contributed by atoms with Crippen LogP contribution in [0.15, 0.2) is 121 Å². The van der Waals surface area contributed by atoms with E-state index < -0.39 is 7.92 Å². The van der Waals surface area contributed by atoms with E-state index in [-0.39, 0.29) is 10.7 Å². The Kier molecular flexibility index (Phi) is 7.46. The van der Waals surface area contributed by atoms with Gasteiger partial charge in [-0.05, 0) is 56.8 Å². The van der Waals surface area contributed by atoms with Gasteiger partial charge in [0.05, 0.1) is 0 Å². The minimum absolute atomic E-state index is 0.0547. The highest BCUT2D eigenvalue weighted by atomic mass is 31.1. The Labute approximate surface area is 220 Å². The van der Waals surface area contributed by atoms with Gasteiger partial charge in [0.15, 0.2) is 0 Å². The second-order valence-electron chi connectivity index (χ2n) is 10.9. The molecule has 1 unspecified atom stereocenters. The molecule has 0 saturated carbocycles. The van der Waals surface area contributed by atoms with Crippen LogP contribution in [0.4, 0.5) is 0 Å². The van der Waals surface area contributed by atoms with Crippen molar-refractivity contribution >= 4 is 27.8 Å². The van der Waals surface area contributed by atoms with E-state index in [1.54, 1.807) is 0 Å². The molecule has 3 heteroatoms. The maximum Gasteiger partial charge on any atom is 0.0498 e. The Bertz CT molecular complexity index is 1160. The number of hydrogen-bond acceptors (Lipinski definition) is 1. The van der Waals surface area contributed by atoms with Gasteiger partial charge in [-0.1, -0.05) is 121 Å². The normalized spacial score (nSPS) is 19.0. The lowest BCUT2D eigenvalue weighted by molar-refractivity contribution is 0.105. The van der Waals surface area contributed by atoms with Gasteiger partial charge in [0.1, 0.15) is 0 Å².